The zero-order valence-corrected chi connectivity index (χ0v) is 13.4. The van der Waals surface area contributed by atoms with E-state index in [0.717, 1.165) is 38.1 Å². The Hall–Kier alpha value is -1.44. The highest BCUT2D eigenvalue weighted by molar-refractivity contribution is 5.85. The molecule has 3 N–H and O–H groups in total. The number of ether oxygens (including phenoxy) is 1. The van der Waals surface area contributed by atoms with Crippen LogP contribution in [0.3, 0.4) is 0 Å². The molecule has 0 spiro atoms. The summed E-state index contributed by atoms with van der Waals surface area (Å²) in [5.74, 6) is -1.94. The number of hydrogen-bond acceptors (Lipinski definition) is 4. The summed E-state index contributed by atoms with van der Waals surface area (Å²) in [6.45, 7) is 1.59. The second-order valence-corrected chi connectivity index (χ2v) is 5.31. The van der Waals surface area contributed by atoms with Gasteiger partial charge in [-0.1, -0.05) is 0 Å². The lowest BCUT2D eigenvalue weighted by atomic mass is 9.97. The molecule has 130 valence electrons. The fourth-order valence-electron chi connectivity index (χ4n) is 2.26. The number of carbonyl (C=O) groups is 1. The molecule has 8 heteroatoms. The maximum Gasteiger partial charge on any atom is 0.223 e. The summed E-state index contributed by atoms with van der Waals surface area (Å²) in [7, 11) is 0. The highest BCUT2D eigenvalue weighted by Gasteiger charge is 2.21. The van der Waals surface area contributed by atoms with Crippen LogP contribution in [-0.4, -0.2) is 43.4 Å². The van der Waals surface area contributed by atoms with Gasteiger partial charge in [-0.25, -0.2) is 8.78 Å². The first-order chi connectivity index (χ1) is 10.6. The van der Waals surface area contributed by atoms with Crippen LogP contribution in [0.5, 0.6) is 5.75 Å². The molecular formula is C15H21ClF2N2O3. The second kappa shape index (κ2) is 9.64. The van der Waals surface area contributed by atoms with Crippen LogP contribution in [0.15, 0.2) is 18.2 Å². The van der Waals surface area contributed by atoms with Gasteiger partial charge in [-0.05, 0) is 38.1 Å². The van der Waals surface area contributed by atoms with Crippen LogP contribution in [0.25, 0.3) is 0 Å². The average Bonchev–Trinajstić information content (AvgIpc) is 2.54. The van der Waals surface area contributed by atoms with Gasteiger partial charge in [-0.2, -0.15) is 0 Å². The van der Waals surface area contributed by atoms with Crippen molar-refractivity contribution in [1.82, 2.24) is 10.6 Å². The van der Waals surface area contributed by atoms with E-state index < -0.39 is 17.7 Å². The highest BCUT2D eigenvalue weighted by Crippen LogP contribution is 2.15. The quantitative estimate of drug-likeness (QED) is 0.722. The summed E-state index contributed by atoms with van der Waals surface area (Å²) >= 11 is 0. The topological polar surface area (TPSA) is 70.6 Å². The average molecular weight is 351 g/mol. The van der Waals surface area contributed by atoms with Crippen molar-refractivity contribution in [1.29, 1.82) is 0 Å². The van der Waals surface area contributed by atoms with Crippen molar-refractivity contribution in [2.45, 2.75) is 18.9 Å². The minimum atomic E-state index is -1.01. The van der Waals surface area contributed by atoms with Crippen LogP contribution >= 0.6 is 12.4 Å². The molecule has 1 fully saturated rings. The number of nitrogens with one attached hydrogen (secondary N) is 2. The third kappa shape index (κ3) is 6.29. The standard InChI is InChI=1S/C15H20F2N2O3.ClH/c16-13-2-1-12(7-14(13)17)22-9-11(20)8-19-15(21)10-3-5-18-6-4-10;/h1-2,7,10-11,18,20H,3-6,8-9H2,(H,19,21);1H. The smallest absolute Gasteiger partial charge is 0.223 e. The van der Waals surface area contributed by atoms with E-state index in [4.69, 9.17) is 4.74 Å². The molecule has 1 saturated heterocycles. The second-order valence-electron chi connectivity index (χ2n) is 5.31. The number of halogens is 3. The SMILES string of the molecule is Cl.O=C(NCC(O)COc1ccc(F)c(F)c1)C1CCNCC1. The normalized spacial score (nSPS) is 16.3. The van der Waals surface area contributed by atoms with Crippen molar-refractivity contribution >= 4 is 18.3 Å². The molecule has 0 aliphatic carbocycles. The number of aliphatic hydroxyl groups excluding tert-OH is 1. The van der Waals surface area contributed by atoms with Gasteiger partial charge in [0, 0.05) is 18.5 Å². The molecule has 0 radical (unpaired) electrons. The molecule has 1 amide bonds. The van der Waals surface area contributed by atoms with E-state index >= 15 is 0 Å². The third-order valence-corrected chi connectivity index (χ3v) is 3.56. The van der Waals surface area contributed by atoms with Crippen LogP contribution in [0.4, 0.5) is 8.78 Å². The van der Waals surface area contributed by atoms with E-state index in [0.29, 0.717) is 0 Å². The minimum absolute atomic E-state index is 0. The molecule has 5 nitrogen and oxygen atoms in total. The molecule has 0 saturated carbocycles. The fraction of sp³-hybridized carbons (Fsp3) is 0.533. The Morgan fingerprint density at radius 3 is 2.70 bits per heavy atom. The van der Waals surface area contributed by atoms with Crippen LogP contribution in [-0.2, 0) is 4.79 Å². The van der Waals surface area contributed by atoms with Gasteiger partial charge >= 0.3 is 0 Å². The van der Waals surface area contributed by atoms with Gasteiger partial charge in [0.25, 0.3) is 0 Å². The molecule has 23 heavy (non-hydrogen) atoms. The van der Waals surface area contributed by atoms with Crippen molar-refractivity contribution in [2.75, 3.05) is 26.2 Å². The summed E-state index contributed by atoms with van der Waals surface area (Å²) in [5, 5.41) is 15.6. The summed E-state index contributed by atoms with van der Waals surface area (Å²) in [5.41, 5.74) is 0. The molecule has 1 aromatic rings. The maximum absolute atomic E-state index is 13.0. The molecule has 1 heterocycles. The molecule has 0 aromatic heterocycles. The van der Waals surface area contributed by atoms with Crippen LogP contribution in [0.1, 0.15) is 12.8 Å². The zero-order chi connectivity index (χ0) is 15.9. The molecule has 2 rings (SSSR count). The van der Waals surface area contributed by atoms with E-state index in [9.17, 15) is 18.7 Å². The van der Waals surface area contributed by atoms with Gasteiger partial charge in [0.05, 0.1) is 0 Å². The summed E-state index contributed by atoms with van der Waals surface area (Å²) in [6, 6.07) is 3.14. The summed E-state index contributed by atoms with van der Waals surface area (Å²) in [6.07, 6.45) is 0.652. The lowest BCUT2D eigenvalue weighted by molar-refractivity contribution is -0.126. The van der Waals surface area contributed by atoms with Crippen molar-refractivity contribution < 1.29 is 23.4 Å². The van der Waals surface area contributed by atoms with Gasteiger partial charge in [0.1, 0.15) is 18.5 Å². The summed E-state index contributed by atoms with van der Waals surface area (Å²) in [4.78, 5) is 11.9. The van der Waals surface area contributed by atoms with Crippen LogP contribution < -0.4 is 15.4 Å². The lowest BCUT2D eigenvalue weighted by Crippen LogP contribution is -2.42. The molecule has 0 bridgehead atoms. The lowest BCUT2D eigenvalue weighted by Gasteiger charge is -2.22. The summed E-state index contributed by atoms with van der Waals surface area (Å²) < 4.78 is 30.9. The van der Waals surface area contributed by atoms with Gasteiger partial charge in [0.15, 0.2) is 11.6 Å². The van der Waals surface area contributed by atoms with Gasteiger partial charge in [-0.3, -0.25) is 4.79 Å². The Bertz CT molecular complexity index is 513. The number of carbonyl (C=O) groups excluding carboxylic acids is 1. The largest absolute Gasteiger partial charge is 0.491 e. The van der Waals surface area contributed by atoms with E-state index in [1.165, 1.54) is 6.07 Å². The Labute approximate surface area is 139 Å². The Kier molecular flexibility index (Phi) is 8.22. The number of amides is 1. The Morgan fingerprint density at radius 1 is 1.35 bits per heavy atom. The van der Waals surface area contributed by atoms with Crippen LogP contribution in [0.2, 0.25) is 0 Å². The Balaban J connectivity index is 0.00000264. The number of benzene rings is 1. The van der Waals surface area contributed by atoms with E-state index in [1.807, 2.05) is 0 Å². The van der Waals surface area contributed by atoms with Gasteiger partial charge in [0.2, 0.25) is 5.91 Å². The van der Waals surface area contributed by atoms with Crippen molar-refractivity contribution in [2.24, 2.45) is 5.92 Å². The highest BCUT2D eigenvalue weighted by atomic mass is 35.5. The molecule has 1 aliphatic rings. The van der Waals surface area contributed by atoms with E-state index in [2.05, 4.69) is 10.6 Å². The zero-order valence-electron chi connectivity index (χ0n) is 12.6. The molecular weight excluding hydrogens is 330 g/mol. The number of rotatable bonds is 6. The number of hydrogen-bond donors (Lipinski definition) is 3. The maximum atomic E-state index is 13.0. The van der Waals surface area contributed by atoms with Crippen molar-refractivity contribution in [3.8, 4) is 5.75 Å². The van der Waals surface area contributed by atoms with E-state index in [1.54, 1.807) is 0 Å². The molecule has 1 atom stereocenters. The molecule has 1 aromatic carbocycles. The van der Waals surface area contributed by atoms with Crippen LogP contribution in [0, 0.1) is 17.6 Å². The molecule has 1 aliphatic heterocycles. The first kappa shape index (κ1) is 19.6. The first-order valence-electron chi connectivity index (χ1n) is 7.30. The first-order valence-corrected chi connectivity index (χ1v) is 7.30. The van der Waals surface area contributed by atoms with Gasteiger partial charge < -0.3 is 20.5 Å². The minimum Gasteiger partial charge on any atom is -0.491 e. The Morgan fingerprint density at radius 2 is 2.04 bits per heavy atom. The third-order valence-electron chi connectivity index (χ3n) is 3.56. The van der Waals surface area contributed by atoms with Crippen molar-refractivity contribution in [3.05, 3.63) is 29.8 Å². The van der Waals surface area contributed by atoms with Gasteiger partial charge in [-0.15, -0.1) is 12.4 Å². The fourth-order valence-corrected chi connectivity index (χ4v) is 2.26. The van der Waals surface area contributed by atoms with Crippen molar-refractivity contribution in [3.63, 3.8) is 0 Å². The number of aliphatic hydroxyl groups is 1. The predicted octanol–water partition coefficient (Wildman–Crippen LogP) is 1.24. The molecule has 1 unspecified atom stereocenters. The predicted molar refractivity (Wildman–Crippen MR) is 83.7 cm³/mol. The van der Waals surface area contributed by atoms with E-state index in [-0.39, 0.29) is 43.1 Å². The monoisotopic (exact) mass is 350 g/mol. The number of piperidine rings is 1.